The number of likely N-dealkylation sites (tertiary alicyclic amines) is 1. The minimum absolute atomic E-state index is 0.158. The van der Waals surface area contributed by atoms with Gasteiger partial charge in [0.1, 0.15) is 5.78 Å². The summed E-state index contributed by atoms with van der Waals surface area (Å²) >= 11 is 0. The Bertz CT molecular complexity index is 240. The zero-order valence-electron chi connectivity index (χ0n) is 8.56. The van der Waals surface area contributed by atoms with Gasteiger partial charge in [-0.3, -0.25) is 4.79 Å². The highest BCUT2D eigenvalue weighted by atomic mass is 16.4. The van der Waals surface area contributed by atoms with Crippen molar-refractivity contribution >= 4 is 11.9 Å². The molecule has 5 heteroatoms. The van der Waals surface area contributed by atoms with Gasteiger partial charge in [-0.1, -0.05) is 0 Å². The third-order valence-corrected chi connectivity index (χ3v) is 2.38. The average molecular weight is 200 g/mol. The number of ketones is 1. The van der Waals surface area contributed by atoms with Crippen molar-refractivity contribution in [2.75, 3.05) is 33.7 Å². The molecule has 14 heavy (non-hydrogen) atoms. The smallest absolute Gasteiger partial charge is 0.407 e. The van der Waals surface area contributed by atoms with Crippen LogP contribution in [0.1, 0.15) is 6.42 Å². The molecular weight excluding hydrogens is 184 g/mol. The van der Waals surface area contributed by atoms with Gasteiger partial charge in [-0.05, 0) is 14.1 Å². The molecule has 0 radical (unpaired) electrons. The minimum Gasteiger partial charge on any atom is -0.465 e. The van der Waals surface area contributed by atoms with Crippen molar-refractivity contribution in [1.29, 1.82) is 0 Å². The molecule has 1 aliphatic rings. The van der Waals surface area contributed by atoms with Crippen LogP contribution in [0.2, 0.25) is 0 Å². The Hall–Kier alpha value is -1.10. The molecule has 0 aromatic rings. The molecule has 1 amide bonds. The number of nitrogens with zero attached hydrogens (tertiary/aromatic N) is 2. The molecule has 1 atom stereocenters. The first-order valence-corrected chi connectivity index (χ1v) is 4.66. The minimum atomic E-state index is -0.929. The number of hydrogen-bond acceptors (Lipinski definition) is 3. The number of carbonyl (C=O) groups is 2. The summed E-state index contributed by atoms with van der Waals surface area (Å²) in [7, 11) is 3.76. The van der Waals surface area contributed by atoms with E-state index in [9.17, 15) is 9.59 Å². The summed E-state index contributed by atoms with van der Waals surface area (Å²) in [5.41, 5.74) is 0. The number of Topliss-reactive ketones (excluding diaryl/α,β-unsaturated/α-hetero) is 1. The number of hydrogen-bond donors (Lipinski definition) is 1. The van der Waals surface area contributed by atoms with Crippen LogP contribution in [0.15, 0.2) is 0 Å². The lowest BCUT2D eigenvalue weighted by atomic mass is 9.96. The topological polar surface area (TPSA) is 60.9 Å². The Balaban J connectivity index is 2.55. The van der Waals surface area contributed by atoms with Crippen molar-refractivity contribution in [3.05, 3.63) is 0 Å². The van der Waals surface area contributed by atoms with E-state index in [1.165, 1.54) is 4.90 Å². The molecule has 1 heterocycles. The van der Waals surface area contributed by atoms with E-state index < -0.39 is 6.09 Å². The Kier molecular flexibility index (Phi) is 3.46. The zero-order valence-corrected chi connectivity index (χ0v) is 8.56. The van der Waals surface area contributed by atoms with E-state index in [1.807, 2.05) is 19.0 Å². The van der Waals surface area contributed by atoms with E-state index in [0.717, 1.165) is 0 Å². The van der Waals surface area contributed by atoms with Gasteiger partial charge in [-0.15, -0.1) is 0 Å². The van der Waals surface area contributed by atoms with Crippen LogP contribution < -0.4 is 0 Å². The highest BCUT2D eigenvalue weighted by Gasteiger charge is 2.29. The van der Waals surface area contributed by atoms with E-state index in [-0.39, 0.29) is 11.7 Å². The Morgan fingerprint density at radius 2 is 2.29 bits per heavy atom. The van der Waals surface area contributed by atoms with Gasteiger partial charge in [0.05, 0.1) is 0 Å². The SMILES string of the molecule is CN(C)CC1CN(C(=O)O)CCC1=O. The lowest BCUT2D eigenvalue weighted by molar-refractivity contribution is -0.126. The van der Waals surface area contributed by atoms with Crippen molar-refractivity contribution in [3.63, 3.8) is 0 Å². The molecule has 5 nitrogen and oxygen atoms in total. The third-order valence-electron chi connectivity index (χ3n) is 2.38. The van der Waals surface area contributed by atoms with Gasteiger partial charge >= 0.3 is 6.09 Å². The Morgan fingerprint density at radius 3 is 2.79 bits per heavy atom. The van der Waals surface area contributed by atoms with E-state index in [2.05, 4.69) is 0 Å². The second-order valence-corrected chi connectivity index (χ2v) is 3.90. The van der Waals surface area contributed by atoms with E-state index >= 15 is 0 Å². The molecular formula is C9H16N2O3. The van der Waals surface area contributed by atoms with Crippen LogP contribution in [0.4, 0.5) is 4.79 Å². The summed E-state index contributed by atoms with van der Waals surface area (Å²) in [5.74, 6) is 0.0195. The van der Waals surface area contributed by atoms with E-state index in [1.54, 1.807) is 0 Å². The molecule has 1 unspecified atom stereocenters. The predicted molar refractivity (Wildman–Crippen MR) is 51.3 cm³/mol. The lowest BCUT2D eigenvalue weighted by Crippen LogP contribution is -2.46. The normalized spacial score (nSPS) is 22.9. The molecule has 0 aliphatic carbocycles. The van der Waals surface area contributed by atoms with Crippen molar-refractivity contribution in [2.45, 2.75) is 6.42 Å². The maximum atomic E-state index is 11.5. The fourth-order valence-corrected chi connectivity index (χ4v) is 1.68. The molecule has 1 aliphatic heterocycles. The summed E-state index contributed by atoms with van der Waals surface area (Å²) in [6.07, 6.45) is -0.577. The molecule has 0 aromatic heterocycles. The summed E-state index contributed by atoms with van der Waals surface area (Å²) in [6, 6.07) is 0. The first-order chi connectivity index (χ1) is 6.50. The molecule has 1 saturated heterocycles. The van der Waals surface area contributed by atoms with Crippen LogP contribution in [0.3, 0.4) is 0 Å². The number of carboxylic acid groups (broad SMARTS) is 1. The van der Waals surface area contributed by atoms with Gasteiger partial charge in [0.25, 0.3) is 0 Å². The average Bonchev–Trinajstić information content (AvgIpc) is 2.07. The largest absolute Gasteiger partial charge is 0.465 e. The molecule has 1 rings (SSSR count). The molecule has 0 spiro atoms. The van der Waals surface area contributed by atoms with E-state index in [0.29, 0.717) is 26.1 Å². The second-order valence-electron chi connectivity index (χ2n) is 3.90. The summed E-state index contributed by atoms with van der Waals surface area (Å²) in [5, 5.41) is 8.78. The highest BCUT2D eigenvalue weighted by molar-refractivity contribution is 5.83. The quantitative estimate of drug-likeness (QED) is 0.687. The van der Waals surface area contributed by atoms with Gasteiger partial charge in [0.2, 0.25) is 0 Å². The van der Waals surface area contributed by atoms with Crippen molar-refractivity contribution in [2.24, 2.45) is 5.92 Å². The summed E-state index contributed by atoms with van der Waals surface area (Å²) < 4.78 is 0. The number of rotatable bonds is 2. The predicted octanol–water partition coefficient (Wildman–Crippen LogP) is 0.117. The van der Waals surface area contributed by atoms with Crippen LogP contribution in [0.5, 0.6) is 0 Å². The van der Waals surface area contributed by atoms with Gasteiger partial charge < -0.3 is 14.9 Å². The van der Waals surface area contributed by atoms with Crippen LogP contribution >= 0.6 is 0 Å². The Morgan fingerprint density at radius 1 is 1.64 bits per heavy atom. The van der Waals surface area contributed by atoms with Crippen molar-refractivity contribution in [1.82, 2.24) is 9.80 Å². The van der Waals surface area contributed by atoms with Gasteiger partial charge in [-0.2, -0.15) is 0 Å². The molecule has 0 saturated carbocycles. The van der Waals surface area contributed by atoms with Crippen molar-refractivity contribution in [3.8, 4) is 0 Å². The van der Waals surface area contributed by atoms with Crippen LogP contribution in [-0.2, 0) is 4.79 Å². The fourth-order valence-electron chi connectivity index (χ4n) is 1.68. The second kappa shape index (κ2) is 4.41. The van der Waals surface area contributed by atoms with Crippen LogP contribution in [0.25, 0.3) is 0 Å². The van der Waals surface area contributed by atoms with E-state index in [4.69, 9.17) is 5.11 Å². The van der Waals surface area contributed by atoms with Gasteiger partial charge in [0, 0.05) is 32.0 Å². The van der Waals surface area contributed by atoms with Gasteiger partial charge in [-0.25, -0.2) is 4.79 Å². The third kappa shape index (κ3) is 2.70. The summed E-state index contributed by atoms with van der Waals surface area (Å²) in [6.45, 7) is 1.31. The Labute approximate surface area is 83.3 Å². The highest BCUT2D eigenvalue weighted by Crippen LogP contribution is 2.13. The van der Waals surface area contributed by atoms with Crippen molar-refractivity contribution < 1.29 is 14.7 Å². The molecule has 1 fully saturated rings. The molecule has 80 valence electrons. The first kappa shape index (κ1) is 11.0. The molecule has 0 bridgehead atoms. The maximum absolute atomic E-state index is 11.5. The molecule has 0 aromatic carbocycles. The first-order valence-electron chi connectivity index (χ1n) is 4.66. The number of piperidine rings is 1. The van der Waals surface area contributed by atoms with Crippen LogP contribution in [-0.4, -0.2) is 60.5 Å². The monoisotopic (exact) mass is 200 g/mol. The molecule has 1 N–H and O–H groups in total. The van der Waals surface area contributed by atoms with Crippen LogP contribution in [0, 0.1) is 5.92 Å². The maximum Gasteiger partial charge on any atom is 0.407 e. The standard InChI is InChI=1S/C9H16N2O3/c1-10(2)5-7-6-11(9(13)14)4-3-8(7)12/h7H,3-6H2,1-2H3,(H,13,14). The van der Waals surface area contributed by atoms with Gasteiger partial charge in [0.15, 0.2) is 0 Å². The number of carbonyl (C=O) groups excluding carboxylic acids is 1. The summed E-state index contributed by atoms with van der Waals surface area (Å²) in [4.78, 5) is 25.4. The lowest BCUT2D eigenvalue weighted by Gasteiger charge is -2.31. The number of amides is 1. The zero-order chi connectivity index (χ0) is 10.7. The fraction of sp³-hybridized carbons (Fsp3) is 0.778.